The first-order valence-electron chi connectivity index (χ1n) is 10.4. The molecule has 0 amide bonds. The lowest BCUT2D eigenvalue weighted by Gasteiger charge is -2.35. The van der Waals surface area contributed by atoms with Crippen LogP contribution in [0.3, 0.4) is 0 Å². The Morgan fingerprint density at radius 1 is 1.23 bits per heavy atom. The molecule has 0 bridgehead atoms. The molecule has 0 aromatic carbocycles. The molecule has 2 saturated heterocycles. The molecule has 0 spiro atoms. The maximum absolute atomic E-state index is 12.8. The number of H-pyrrole nitrogens is 1. The third-order valence-electron chi connectivity index (χ3n) is 6.00. The van der Waals surface area contributed by atoms with Crippen LogP contribution in [0, 0.1) is 0 Å². The maximum Gasteiger partial charge on any atom is 0.162 e. The number of hydrogen-bond acceptors (Lipinski definition) is 7. The number of nitrogens with one attached hydrogen (secondary N) is 1. The minimum atomic E-state index is -3.22. The number of morpholine rings is 1. The fraction of sp³-hybridized carbons (Fsp3) is 0.476. The van der Waals surface area contributed by atoms with Gasteiger partial charge in [0, 0.05) is 36.0 Å². The molecule has 8 nitrogen and oxygen atoms in total. The van der Waals surface area contributed by atoms with Crippen molar-refractivity contribution in [2.24, 2.45) is 0 Å². The minimum Gasteiger partial charge on any atom is -0.377 e. The molecule has 1 N–H and O–H groups in total. The van der Waals surface area contributed by atoms with Crippen molar-refractivity contribution in [2.75, 3.05) is 30.4 Å². The fourth-order valence-corrected chi connectivity index (χ4v) is 6.30. The molecule has 0 saturated carbocycles. The highest BCUT2D eigenvalue weighted by Crippen LogP contribution is 2.36. The highest BCUT2D eigenvalue weighted by molar-refractivity contribution is 7.91. The average molecular weight is 428 g/mol. The quantitative estimate of drug-likeness (QED) is 0.686. The van der Waals surface area contributed by atoms with Crippen molar-refractivity contribution in [1.82, 2.24) is 19.9 Å². The summed E-state index contributed by atoms with van der Waals surface area (Å²) in [7, 11) is -3.22. The van der Waals surface area contributed by atoms with Crippen LogP contribution >= 0.6 is 0 Å². The number of hydrogen-bond donors (Lipinski definition) is 1. The van der Waals surface area contributed by atoms with E-state index in [-0.39, 0.29) is 11.8 Å². The third kappa shape index (κ3) is 3.45. The van der Waals surface area contributed by atoms with Gasteiger partial charge in [-0.15, -0.1) is 0 Å². The van der Waals surface area contributed by atoms with Gasteiger partial charge in [0.1, 0.15) is 16.7 Å². The van der Waals surface area contributed by atoms with Crippen LogP contribution in [-0.2, 0) is 14.6 Å². The van der Waals surface area contributed by atoms with Crippen molar-refractivity contribution in [3.05, 3.63) is 36.3 Å². The highest BCUT2D eigenvalue weighted by atomic mass is 32.2. The monoisotopic (exact) mass is 427 g/mol. The molecule has 0 radical (unpaired) electrons. The fourth-order valence-electron chi connectivity index (χ4n) is 4.40. The Hall–Kier alpha value is -2.52. The molecule has 9 heteroatoms. The molecular weight excluding hydrogens is 402 g/mol. The van der Waals surface area contributed by atoms with Gasteiger partial charge in [-0.25, -0.2) is 23.4 Å². The Kier molecular flexibility index (Phi) is 4.94. The van der Waals surface area contributed by atoms with Crippen LogP contribution in [0.2, 0.25) is 0 Å². The zero-order chi connectivity index (χ0) is 20.7. The average Bonchev–Trinajstić information content (AvgIpc) is 3.22. The van der Waals surface area contributed by atoms with Crippen molar-refractivity contribution in [3.63, 3.8) is 0 Å². The molecule has 0 unspecified atom stereocenters. The zero-order valence-corrected chi connectivity index (χ0v) is 17.7. The van der Waals surface area contributed by atoms with Crippen LogP contribution in [0.5, 0.6) is 0 Å². The van der Waals surface area contributed by atoms with Gasteiger partial charge in [-0.2, -0.15) is 0 Å². The number of ether oxygens (including phenoxy) is 1. The molecule has 3 aromatic heterocycles. The first kappa shape index (κ1) is 19.4. The molecule has 5 heterocycles. The SMILES string of the molecule is C[C@@H]1COCCN1c1cc([C@H]2CCCCS2(=O)=O)nc(-c2ccnc3[nH]ccc23)n1. The Morgan fingerprint density at radius 3 is 2.97 bits per heavy atom. The van der Waals surface area contributed by atoms with Gasteiger partial charge in [-0.3, -0.25) is 0 Å². The van der Waals surface area contributed by atoms with Crippen molar-refractivity contribution in [3.8, 4) is 11.4 Å². The molecule has 2 fully saturated rings. The second kappa shape index (κ2) is 7.63. The van der Waals surface area contributed by atoms with Gasteiger partial charge in [-0.05, 0) is 31.9 Å². The van der Waals surface area contributed by atoms with Gasteiger partial charge in [0.15, 0.2) is 15.7 Å². The Labute approximate surface area is 175 Å². The number of anilines is 1. The Morgan fingerprint density at radius 2 is 2.13 bits per heavy atom. The molecule has 5 rings (SSSR count). The number of fused-ring (bicyclic) bond motifs is 1. The van der Waals surface area contributed by atoms with Crippen LogP contribution in [0.15, 0.2) is 30.6 Å². The number of nitrogens with zero attached hydrogens (tertiary/aromatic N) is 4. The number of pyridine rings is 1. The zero-order valence-electron chi connectivity index (χ0n) is 16.9. The number of rotatable bonds is 3. The predicted molar refractivity (Wildman–Crippen MR) is 115 cm³/mol. The molecule has 30 heavy (non-hydrogen) atoms. The van der Waals surface area contributed by atoms with Crippen LogP contribution in [-0.4, -0.2) is 59.9 Å². The van der Waals surface area contributed by atoms with Gasteiger partial charge in [0.25, 0.3) is 0 Å². The van der Waals surface area contributed by atoms with Crippen molar-refractivity contribution >= 4 is 26.7 Å². The molecule has 2 aliphatic rings. The summed E-state index contributed by atoms with van der Waals surface area (Å²) >= 11 is 0. The minimum absolute atomic E-state index is 0.155. The summed E-state index contributed by atoms with van der Waals surface area (Å²) in [6.45, 7) is 4.05. The topological polar surface area (TPSA) is 101 Å². The summed E-state index contributed by atoms with van der Waals surface area (Å²) in [5, 5.41) is 0.341. The first-order chi connectivity index (χ1) is 14.5. The van der Waals surface area contributed by atoms with Gasteiger partial charge < -0.3 is 14.6 Å². The molecule has 3 aromatic rings. The van der Waals surface area contributed by atoms with Crippen LogP contribution in [0.1, 0.15) is 37.1 Å². The largest absolute Gasteiger partial charge is 0.377 e. The summed E-state index contributed by atoms with van der Waals surface area (Å²) in [4.78, 5) is 19.3. The Balaban J connectivity index is 1.68. The van der Waals surface area contributed by atoms with Crippen LogP contribution in [0.25, 0.3) is 22.4 Å². The lowest BCUT2D eigenvalue weighted by molar-refractivity contribution is 0.0985. The first-order valence-corrected chi connectivity index (χ1v) is 12.1. The lowest BCUT2D eigenvalue weighted by atomic mass is 10.1. The van der Waals surface area contributed by atoms with E-state index in [1.165, 1.54) is 0 Å². The van der Waals surface area contributed by atoms with Gasteiger partial charge in [-0.1, -0.05) is 6.42 Å². The van der Waals surface area contributed by atoms with Gasteiger partial charge in [0.2, 0.25) is 0 Å². The molecular formula is C21H25N5O3S. The summed E-state index contributed by atoms with van der Waals surface area (Å²) < 4.78 is 31.3. The van der Waals surface area contributed by atoms with E-state index in [0.717, 1.165) is 35.3 Å². The molecule has 2 atom stereocenters. The molecule has 158 valence electrons. The van der Waals surface area contributed by atoms with Gasteiger partial charge >= 0.3 is 0 Å². The highest BCUT2D eigenvalue weighted by Gasteiger charge is 2.33. The second-order valence-corrected chi connectivity index (χ2v) is 10.3. The predicted octanol–water partition coefficient (Wildman–Crippen LogP) is 2.88. The van der Waals surface area contributed by atoms with Crippen molar-refractivity contribution in [1.29, 1.82) is 0 Å². The number of aromatic amines is 1. The summed E-state index contributed by atoms with van der Waals surface area (Å²) in [5.41, 5.74) is 2.19. The number of sulfone groups is 1. The van der Waals surface area contributed by atoms with E-state index in [2.05, 4.69) is 21.8 Å². The summed E-state index contributed by atoms with van der Waals surface area (Å²) in [5.74, 6) is 1.51. The van der Waals surface area contributed by atoms with Crippen LogP contribution < -0.4 is 4.90 Å². The van der Waals surface area contributed by atoms with Crippen molar-refractivity contribution < 1.29 is 13.2 Å². The second-order valence-electron chi connectivity index (χ2n) is 8.04. The summed E-state index contributed by atoms with van der Waals surface area (Å²) in [6.07, 6.45) is 5.77. The molecule has 2 aliphatic heterocycles. The van der Waals surface area contributed by atoms with E-state index < -0.39 is 15.1 Å². The Bertz CT molecular complexity index is 1180. The normalized spacial score (nSPS) is 24.2. The lowest BCUT2D eigenvalue weighted by Crippen LogP contribution is -2.44. The van der Waals surface area contributed by atoms with Gasteiger partial charge in [0.05, 0.1) is 30.7 Å². The van der Waals surface area contributed by atoms with E-state index in [1.54, 1.807) is 6.20 Å². The summed E-state index contributed by atoms with van der Waals surface area (Å²) in [6, 6.07) is 5.86. The molecule has 0 aliphatic carbocycles. The smallest absolute Gasteiger partial charge is 0.162 e. The van der Waals surface area contributed by atoms with Crippen molar-refractivity contribution in [2.45, 2.75) is 37.5 Å². The maximum atomic E-state index is 12.8. The third-order valence-corrected chi connectivity index (χ3v) is 8.21. The van der Waals surface area contributed by atoms with Crippen LogP contribution in [0.4, 0.5) is 5.82 Å². The van der Waals surface area contributed by atoms with E-state index >= 15 is 0 Å². The van der Waals surface area contributed by atoms with E-state index in [4.69, 9.17) is 14.7 Å². The van der Waals surface area contributed by atoms with E-state index in [9.17, 15) is 8.42 Å². The van der Waals surface area contributed by atoms with E-state index in [0.29, 0.717) is 37.7 Å². The number of aromatic nitrogens is 4. The standard InChI is InChI=1S/C21H25N5O3S/c1-14-13-29-10-9-26(14)19-12-17(18-4-2-3-11-30(18,27)28)24-21(25-19)16-6-8-23-20-15(16)5-7-22-20/h5-8,12,14,18H,2-4,9-11,13H2,1H3,(H,22,23)/t14-,18-/m1/s1. The van der Waals surface area contributed by atoms with E-state index in [1.807, 2.05) is 24.4 Å².